The van der Waals surface area contributed by atoms with Crippen LogP contribution in [-0.4, -0.2) is 95.9 Å². The molecule has 2 amide bonds. The van der Waals surface area contributed by atoms with E-state index in [9.17, 15) is 24.3 Å². The molecule has 1 N–H and O–H groups in total. The molecular formula is C47H49N3O7. The van der Waals surface area contributed by atoms with E-state index in [0.29, 0.717) is 36.0 Å². The molecule has 0 radical (unpaired) electrons. The van der Waals surface area contributed by atoms with Gasteiger partial charge < -0.3 is 19.5 Å². The molecule has 10 heteroatoms. The zero-order valence-corrected chi connectivity index (χ0v) is 32.2. The molecular weight excluding hydrogens is 719 g/mol. The van der Waals surface area contributed by atoms with Crippen LogP contribution in [0.25, 0.3) is 0 Å². The molecule has 3 atom stereocenters. The van der Waals surface area contributed by atoms with Crippen LogP contribution in [-0.2, 0) is 20.7 Å². The normalized spacial score (nSPS) is 23.5. The van der Waals surface area contributed by atoms with Crippen molar-refractivity contribution in [1.29, 1.82) is 0 Å². The number of morpholine rings is 1. The van der Waals surface area contributed by atoms with E-state index in [1.807, 2.05) is 18.2 Å². The number of piperidine rings is 1. The largest absolute Gasteiger partial charge is 0.508 e. The number of aryl methyl sites for hydroxylation is 1. The molecule has 1 saturated carbocycles. The van der Waals surface area contributed by atoms with Crippen molar-refractivity contribution in [2.75, 3.05) is 50.8 Å². The first-order chi connectivity index (χ1) is 27.7. The zero-order valence-electron chi connectivity index (χ0n) is 32.2. The number of phenolic OH excluding ortho intramolecular Hbond substituents is 1. The Hall–Kier alpha value is -5.32. The van der Waals surface area contributed by atoms with Crippen LogP contribution in [0, 0.1) is 0 Å². The Morgan fingerprint density at radius 1 is 0.789 bits per heavy atom. The average molecular weight is 768 g/mol. The number of carbonyl (C=O) groups is 4. The molecule has 10 nitrogen and oxygen atoms in total. The lowest BCUT2D eigenvalue weighted by Crippen LogP contribution is -2.57. The summed E-state index contributed by atoms with van der Waals surface area (Å²) < 4.78 is 12.7. The van der Waals surface area contributed by atoms with Crippen LogP contribution in [0.2, 0.25) is 0 Å². The maximum absolute atomic E-state index is 13.4. The third-order valence-corrected chi connectivity index (χ3v) is 13.0. The van der Waals surface area contributed by atoms with E-state index in [4.69, 9.17) is 9.47 Å². The second-order valence-corrected chi connectivity index (χ2v) is 16.4. The van der Waals surface area contributed by atoms with Gasteiger partial charge in [0.1, 0.15) is 17.3 Å². The lowest BCUT2D eigenvalue weighted by molar-refractivity contribution is -0.132. The fourth-order valence-electron chi connectivity index (χ4n) is 9.98. The molecule has 4 aromatic carbocycles. The van der Waals surface area contributed by atoms with Crippen LogP contribution in [0.3, 0.4) is 0 Å². The number of ether oxygens (including phenoxy) is 2. The minimum Gasteiger partial charge on any atom is -0.508 e. The zero-order chi connectivity index (χ0) is 39.1. The van der Waals surface area contributed by atoms with E-state index >= 15 is 0 Å². The Kier molecular flexibility index (Phi) is 10.2. The van der Waals surface area contributed by atoms with Crippen LogP contribution in [0.4, 0.5) is 5.69 Å². The summed E-state index contributed by atoms with van der Waals surface area (Å²) in [5.74, 6) is 0.354. The van der Waals surface area contributed by atoms with Crippen LogP contribution >= 0.6 is 0 Å². The third-order valence-electron chi connectivity index (χ3n) is 13.0. The lowest BCUT2D eigenvalue weighted by atomic mass is 9.69. The molecule has 3 heterocycles. The standard InChI is InChI=1S/C47H49N3O7/c51-35-11-17-39-33(27-35)9-15-38(31-5-2-1-3-6-31)44(39)32-7-13-37(14-8-32)56-25-4-21-48-24-26-57-47(30-48)19-22-49(23-20-47)34-10-16-40-41(28-34)46(55)50(45(40)54)42-18-12-36(52)29-43(42)53/h1-3,5-8,10-11,13-14,16-17,27-28,38,42,44,51H,4,9,12,15,18-26,29-30H2/t38-,42?,44+/m1/s1. The highest BCUT2D eigenvalue weighted by molar-refractivity contribution is 6.24. The third kappa shape index (κ3) is 7.37. The predicted molar refractivity (Wildman–Crippen MR) is 215 cm³/mol. The van der Waals surface area contributed by atoms with Gasteiger partial charge in [0.05, 0.1) is 42.4 Å². The summed E-state index contributed by atoms with van der Waals surface area (Å²) in [4.78, 5) is 56.8. The molecule has 1 spiro atoms. The topological polar surface area (TPSA) is 117 Å². The molecule has 4 aromatic rings. The van der Waals surface area contributed by atoms with Crippen LogP contribution in [0.15, 0.2) is 91.0 Å². The average Bonchev–Trinajstić information content (AvgIpc) is 3.47. The van der Waals surface area contributed by atoms with E-state index < -0.39 is 17.9 Å². The summed E-state index contributed by atoms with van der Waals surface area (Å²) in [6.07, 6.45) is 4.76. The van der Waals surface area contributed by atoms with Gasteiger partial charge in [-0.2, -0.15) is 0 Å². The van der Waals surface area contributed by atoms with Crippen molar-refractivity contribution in [1.82, 2.24) is 9.80 Å². The van der Waals surface area contributed by atoms with Crippen molar-refractivity contribution in [2.45, 2.75) is 74.8 Å². The molecule has 294 valence electrons. The molecule has 57 heavy (non-hydrogen) atoms. The first-order valence-electron chi connectivity index (χ1n) is 20.5. The van der Waals surface area contributed by atoms with E-state index in [1.54, 1.807) is 12.1 Å². The minimum atomic E-state index is -0.866. The fourth-order valence-corrected chi connectivity index (χ4v) is 9.98. The van der Waals surface area contributed by atoms with Crippen LogP contribution < -0.4 is 9.64 Å². The van der Waals surface area contributed by atoms with Gasteiger partial charge in [0, 0.05) is 50.7 Å². The molecule has 5 aliphatic rings. The van der Waals surface area contributed by atoms with Gasteiger partial charge in [-0.25, -0.2) is 0 Å². The molecule has 1 unspecified atom stereocenters. The first-order valence-corrected chi connectivity index (χ1v) is 20.5. The van der Waals surface area contributed by atoms with Gasteiger partial charge in [-0.3, -0.25) is 29.0 Å². The van der Waals surface area contributed by atoms with Crippen molar-refractivity contribution in [3.8, 4) is 11.5 Å². The second kappa shape index (κ2) is 15.6. The summed E-state index contributed by atoms with van der Waals surface area (Å²) in [7, 11) is 0. The predicted octanol–water partition coefficient (Wildman–Crippen LogP) is 6.68. The maximum atomic E-state index is 13.4. The van der Waals surface area contributed by atoms with Crippen molar-refractivity contribution < 1.29 is 33.8 Å². The van der Waals surface area contributed by atoms with E-state index in [-0.39, 0.29) is 42.3 Å². The van der Waals surface area contributed by atoms with E-state index in [1.165, 1.54) is 22.3 Å². The first kappa shape index (κ1) is 37.3. The van der Waals surface area contributed by atoms with Gasteiger partial charge in [0.15, 0.2) is 5.78 Å². The molecule has 2 saturated heterocycles. The number of rotatable bonds is 9. The molecule has 0 bridgehead atoms. The molecule has 3 aliphatic heterocycles. The summed E-state index contributed by atoms with van der Waals surface area (Å²) >= 11 is 0. The maximum Gasteiger partial charge on any atom is 0.262 e. The fraction of sp³-hybridized carbons (Fsp3) is 0.404. The van der Waals surface area contributed by atoms with Crippen molar-refractivity contribution >= 4 is 29.1 Å². The molecule has 0 aromatic heterocycles. The smallest absolute Gasteiger partial charge is 0.262 e. The second-order valence-electron chi connectivity index (χ2n) is 16.4. The van der Waals surface area contributed by atoms with Gasteiger partial charge in [-0.05, 0) is 109 Å². The Morgan fingerprint density at radius 2 is 1.58 bits per heavy atom. The summed E-state index contributed by atoms with van der Waals surface area (Å²) in [5, 5.41) is 10.2. The Bertz CT molecular complexity index is 2180. The Morgan fingerprint density at radius 3 is 2.37 bits per heavy atom. The summed E-state index contributed by atoms with van der Waals surface area (Å²) in [5.41, 5.74) is 6.42. The quantitative estimate of drug-likeness (QED) is 0.113. The van der Waals surface area contributed by atoms with E-state index in [0.717, 1.165) is 81.2 Å². The Balaban J connectivity index is 0.773. The number of imide groups is 1. The molecule has 9 rings (SSSR count). The summed E-state index contributed by atoms with van der Waals surface area (Å²) in [6, 6.07) is 29.7. The number of carbonyl (C=O) groups excluding carboxylic acids is 4. The number of aromatic hydroxyl groups is 1. The highest BCUT2D eigenvalue weighted by Crippen LogP contribution is 2.47. The number of fused-ring (bicyclic) bond motifs is 2. The Labute approximate surface area is 333 Å². The number of phenols is 1. The highest BCUT2D eigenvalue weighted by Gasteiger charge is 2.45. The highest BCUT2D eigenvalue weighted by atomic mass is 16.5. The van der Waals surface area contributed by atoms with Crippen LogP contribution in [0.5, 0.6) is 11.5 Å². The molecule has 3 fully saturated rings. The van der Waals surface area contributed by atoms with E-state index in [2.05, 4.69) is 70.5 Å². The van der Waals surface area contributed by atoms with Crippen molar-refractivity contribution in [3.05, 3.63) is 124 Å². The van der Waals surface area contributed by atoms with Gasteiger partial charge in [0.2, 0.25) is 0 Å². The number of hydrogen-bond donors (Lipinski definition) is 1. The number of Topliss-reactive ketones (excluding diaryl/α,β-unsaturated/α-hetero) is 2. The SMILES string of the molecule is O=C1CCC(N2C(=O)c3ccc(N4CCC5(CC4)CN(CCCOc4ccc([C@@H]6c7ccc(O)cc7CC[C@@H]6c6ccccc6)cc4)CCO5)cc3C2=O)C(=O)C1. The van der Waals surface area contributed by atoms with Gasteiger partial charge in [-0.1, -0.05) is 48.5 Å². The van der Waals surface area contributed by atoms with Crippen LogP contribution in [0.1, 0.15) is 99.8 Å². The van der Waals surface area contributed by atoms with Crippen molar-refractivity contribution in [3.63, 3.8) is 0 Å². The lowest BCUT2D eigenvalue weighted by Gasteiger charge is -2.48. The van der Waals surface area contributed by atoms with Gasteiger partial charge in [-0.15, -0.1) is 0 Å². The van der Waals surface area contributed by atoms with Gasteiger partial charge >= 0.3 is 0 Å². The number of ketones is 2. The number of anilines is 1. The number of amides is 2. The molecule has 2 aliphatic carbocycles. The summed E-state index contributed by atoms with van der Waals surface area (Å²) in [6.45, 7) is 5.52. The monoisotopic (exact) mass is 767 g/mol. The van der Waals surface area contributed by atoms with Crippen molar-refractivity contribution in [2.24, 2.45) is 0 Å². The number of nitrogens with zero attached hydrogens (tertiary/aromatic N) is 3. The number of benzene rings is 4. The minimum absolute atomic E-state index is 0.141. The number of hydrogen-bond acceptors (Lipinski definition) is 9. The van der Waals surface area contributed by atoms with Gasteiger partial charge in [0.25, 0.3) is 11.8 Å².